The molecule has 6 heteroatoms. The standard InChI is InChI=1S/C19H29N3O3/c1-14-13-16(21-19(23)18-15(2)24-11-7-20-18)5-6-17(14)25-12-10-22-8-3-4-9-22/h5-6,13,15,18,20H,3-4,7-12H2,1-2H3,(H,21,23)/t15-,18+/m1/s1. The number of nitrogens with zero attached hydrogens (tertiary/aromatic N) is 1. The van der Waals surface area contributed by atoms with Crippen LogP contribution in [0.3, 0.4) is 0 Å². The zero-order valence-corrected chi connectivity index (χ0v) is 15.2. The van der Waals surface area contributed by atoms with E-state index >= 15 is 0 Å². The molecule has 2 aliphatic heterocycles. The van der Waals surface area contributed by atoms with Crippen molar-refractivity contribution in [2.24, 2.45) is 0 Å². The third-order valence-electron chi connectivity index (χ3n) is 4.91. The monoisotopic (exact) mass is 347 g/mol. The molecule has 0 saturated carbocycles. The zero-order valence-electron chi connectivity index (χ0n) is 15.2. The predicted octanol–water partition coefficient (Wildman–Crippen LogP) is 1.79. The molecule has 2 fully saturated rings. The molecule has 2 saturated heterocycles. The molecule has 0 aromatic heterocycles. The van der Waals surface area contributed by atoms with Gasteiger partial charge < -0.3 is 20.1 Å². The van der Waals surface area contributed by atoms with Gasteiger partial charge in [0, 0.05) is 18.8 Å². The molecule has 1 aromatic rings. The van der Waals surface area contributed by atoms with Crippen molar-refractivity contribution < 1.29 is 14.3 Å². The lowest BCUT2D eigenvalue weighted by atomic mass is 10.1. The molecule has 0 aliphatic carbocycles. The number of benzene rings is 1. The summed E-state index contributed by atoms with van der Waals surface area (Å²) >= 11 is 0. The molecule has 6 nitrogen and oxygen atoms in total. The first-order valence-corrected chi connectivity index (χ1v) is 9.25. The first kappa shape index (κ1) is 18.2. The topological polar surface area (TPSA) is 62.8 Å². The van der Waals surface area contributed by atoms with Crippen molar-refractivity contribution in [1.29, 1.82) is 0 Å². The van der Waals surface area contributed by atoms with Crippen molar-refractivity contribution in [3.05, 3.63) is 23.8 Å². The summed E-state index contributed by atoms with van der Waals surface area (Å²) in [6, 6.07) is 5.47. The van der Waals surface area contributed by atoms with E-state index in [1.54, 1.807) is 0 Å². The number of nitrogens with one attached hydrogen (secondary N) is 2. The summed E-state index contributed by atoms with van der Waals surface area (Å²) in [5, 5.41) is 6.17. The second kappa shape index (κ2) is 8.65. The normalized spacial score (nSPS) is 24.2. The number of anilines is 1. The van der Waals surface area contributed by atoms with Crippen LogP contribution in [0.4, 0.5) is 5.69 Å². The first-order valence-electron chi connectivity index (χ1n) is 9.25. The molecule has 25 heavy (non-hydrogen) atoms. The minimum Gasteiger partial charge on any atom is -0.492 e. The number of ether oxygens (including phenoxy) is 2. The van der Waals surface area contributed by atoms with Crippen LogP contribution in [0.1, 0.15) is 25.3 Å². The van der Waals surface area contributed by atoms with Crippen LogP contribution in [0.5, 0.6) is 5.75 Å². The largest absolute Gasteiger partial charge is 0.492 e. The molecule has 2 N–H and O–H groups in total. The molecule has 2 atom stereocenters. The van der Waals surface area contributed by atoms with Gasteiger partial charge in [0.25, 0.3) is 0 Å². The Kier molecular flexibility index (Phi) is 6.29. The van der Waals surface area contributed by atoms with Crippen LogP contribution in [-0.4, -0.2) is 62.3 Å². The van der Waals surface area contributed by atoms with Crippen LogP contribution in [-0.2, 0) is 9.53 Å². The van der Waals surface area contributed by atoms with Crippen LogP contribution < -0.4 is 15.4 Å². The zero-order chi connectivity index (χ0) is 17.6. The van der Waals surface area contributed by atoms with Crippen LogP contribution in [0, 0.1) is 6.92 Å². The molecule has 3 rings (SSSR count). The minimum absolute atomic E-state index is 0.0608. The van der Waals surface area contributed by atoms with Gasteiger partial charge in [0.15, 0.2) is 0 Å². The summed E-state index contributed by atoms with van der Waals surface area (Å²) in [5.74, 6) is 0.819. The van der Waals surface area contributed by atoms with Crippen LogP contribution in [0.2, 0.25) is 0 Å². The quantitative estimate of drug-likeness (QED) is 0.821. The maximum Gasteiger partial charge on any atom is 0.244 e. The highest BCUT2D eigenvalue weighted by Gasteiger charge is 2.28. The lowest BCUT2D eigenvalue weighted by Gasteiger charge is -2.29. The smallest absolute Gasteiger partial charge is 0.244 e. The van der Waals surface area contributed by atoms with E-state index in [-0.39, 0.29) is 18.1 Å². The van der Waals surface area contributed by atoms with Gasteiger partial charge in [0.05, 0.1) is 12.7 Å². The van der Waals surface area contributed by atoms with Gasteiger partial charge in [-0.1, -0.05) is 0 Å². The summed E-state index contributed by atoms with van der Waals surface area (Å²) in [7, 11) is 0. The summed E-state index contributed by atoms with van der Waals surface area (Å²) in [6.45, 7) is 9.31. The van der Waals surface area contributed by atoms with Gasteiger partial charge in [-0.3, -0.25) is 9.69 Å². The molecule has 0 unspecified atom stereocenters. The Morgan fingerprint density at radius 2 is 2.20 bits per heavy atom. The van der Waals surface area contributed by atoms with E-state index in [9.17, 15) is 4.79 Å². The van der Waals surface area contributed by atoms with Gasteiger partial charge in [-0.2, -0.15) is 0 Å². The van der Waals surface area contributed by atoms with E-state index in [0.29, 0.717) is 19.8 Å². The molecule has 138 valence electrons. The van der Waals surface area contributed by atoms with Crippen molar-refractivity contribution in [3.63, 3.8) is 0 Å². The van der Waals surface area contributed by atoms with Gasteiger partial charge in [-0.15, -0.1) is 0 Å². The average Bonchev–Trinajstić information content (AvgIpc) is 3.10. The minimum atomic E-state index is -0.314. The van der Waals surface area contributed by atoms with Crippen molar-refractivity contribution in [3.8, 4) is 5.75 Å². The maximum atomic E-state index is 12.4. The van der Waals surface area contributed by atoms with Gasteiger partial charge in [0.2, 0.25) is 5.91 Å². The number of hydrogen-bond acceptors (Lipinski definition) is 5. The first-order chi connectivity index (χ1) is 12.1. The lowest BCUT2D eigenvalue weighted by molar-refractivity contribution is -0.123. The van der Waals surface area contributed by atoms with Crippen LogP contribution in [0.25, 0.3) is 0 Å². The molecular formula is C19H29N3O3. The predicted molar refractivity (Wildman–Crippen MR) is 98.2 cm³/mol. The van der Waals surface area contributed by atoms with E-state index in [2.05, 4.69) is 15.5 Å². The second-order valence-corrected chi connectivity index (χ2v) is 6.87. The Labute approximate surface area is 149 Å². The summed E-state index contributed by atoms with van der Waals surface area (Å²) in [4.78, 5) is 14.8. The SMILES string of the molecule is Cc1cc(NC(=O)[C@H]2NCCO[C@@H]2C)ccc1OCCN1CCCC1. The molecule has 0 radical (unpaired) electrons. The van der Waals surface area contributed by atoms with Gasteiger partial charge in [-0.25, -0.2) is 0 Å². The Bertz CT molecular complexity index is 587. The van der Waals surface area contributed by atoms with Crippen molar-refractivity contribution in [1.82, 2.24) is 10.2 Å². The highest BCUT2D eigenvalue weighted by atomic mass is 16.5. The number of carbonyl (C=O) groups excluding carboxylic acids is 1. The van der Waals surface area contributed by atoms with E-state index in [4.69, 9.17) is 9.47 Å². The fraction of sp³-hybridized carbons (Fsp3) is 0.632. The fourth-order valence-corrected chi connectivity index (χ4v) is 3.43. The molecule has 1 amide bonds. The van der Waals surface area contributed by atoms with Gasteiger partial charge in [0.1, 0.15) is 18.4 Å². The Balaban J connectivity index is 1.51. The molecule has 0 spiro atoms. The highest BCUT2D eigenvalue weighted by Crippen LogP contribution is 2.22. The third-order valence-corrected chi connectivity index (χ3v) is 4.91. The van der Waals surface area contributed by atoms with Crippen LogP contribution >= 0.6 is 0 Å². The Morgan fingerprint density at radius 1 is 1.40 bits per heavy atom. The van der Waals surface area contributed by atoms with E-state index in [0.717, 1.165) is 23.5 Å². The number of amides is 1. The number of morpholine rings is 1. The molecule has 2 heterocycles. The Hall–Kier alpha value is -1.63. The van der Waals surface area contributed by atoms with E-state index < -0.39 is 0 Å². The number of likely N-dealkylation sites (tertiary alicyclic amines) is 1. The average molecular weight is 347 g/mol. The van der Waals surface area contributed by atoms with Gasteiger partial charge in [-0.05, 0) is 63.5 Å². The van der Waals surface area contributed by atoms with Gasteiger partial charge >= 0.3 is 0 Å². The number of carbonyl (C=O) groups is 1. The summed E-state index contributed by atoms with van der Waals surface area (Å²) < 4.78 is 11.4. The third kappa shape index (κ3) is 4.93. The fourth-order valence-electron chi connectivity index (χ4n) is 3.43. The number of hydrogen-bond donors (Lipinski definition) is 2. The number of aryl methyl sites for hydroxylation is 1. The molecular weight excluding hydrogens is 318 g/mol. The molecule has 0 bridgehead atoms. The van der Waals surface area contributed by atoms with Crippen molar-refractivity contribution in [2.45, 2.75) is 38.8 Å². The van der Waals surface area contributed by atoms with Crippen molar-refractivity contribution in [2.75, 3.05) is 44.7 Å². The Morgan fingerprint density at radius 3 is 2.92 bits per heavy atom. The maximum absolute atomic E-state index is 12.4. The van der Waals surface area contributed by atoms with Crippen LogP contribution in [0.15, 0.2) is 18.2 Å². The number of rotatable bonds is 6. The lowest BCUT2D eigenvalue weighted by Crippen LogP contribution is -2.53. The second-order valence-electron chi connectivity index (χ2n) is 6.87. The summed E-state index contributed by atoms with van der Waals surface area (Å²) in [6.07, 6.45) is 2.47. The van der Waals surface area contributed by atoms with E-state index in [1.807, 2.05) is 32.0 Å². The highest BCUT2D eigenvalue weighted by molar-refractivity contribution is 5.95. The van der Waals surface area contributed by atoms with E-state index in [1.165, 1.54) is 25.9 Å². The van der Waals surface area contributed by atoms with Crippen molar-refractivity contribution >= 4 is 11.6 Å². The molecule has 1 aromatic carbocycles. The molecule has 2 aliphatic rings. The summed E-state index contributed by atoms with van der Waals surface area (Å²) in [5.41, 5.74) is 1.81.